The van der Waals surface area contributed by atoms with Crippen LogP contribution in [0.5, 0.6) is 0 Å². The Morgan fingerprint density at radius 1 is 1.32 bits per heavy atom. The molecule has 0 bridgehead atoms. The van der Waals surface area contributed by atoms with Gasteiger partial charge in [-0.25, -0.2) is 4.98 Å². The standard InChI is InChI=1S/C14H22N4S/c1-8(2)11-7-19-14(16-11)13(15-5)12-9(3)17-18(6)10(12)4/h7-8,13,15H,1-6H3. The van der Waals surface area contributed by atoms with Gasteiger partial charge < -0.3 is 5.32 Å². The molecule has 0 saturated heterocycles. The molecule has 0 aromatic carbocycles. The molecular formula is C14H22N4S. The Morgan fingerprint density at radius 2 is 2.00 bits per heavy atom. The molecule has 19 heavy (non-hydrogen) atoms. The number of nitrogens with zero attached hydrogens (tertiary/aromatic N) is 3. The van der Waals surface area contributed by atoms with Gasteiger partial charge in [0.15, 0.2) is 0 Å². The molecule has 0 saturated carbocycles. The van der Waals surface area contributed by atoms with Crippen LogP contribution in [0.15, 0.2) is 5.38 Å². The van der Waals surface area contributed by atoms with E-state index in [1.54, 1.807) is 11.3 Å². The molecule has 0 fully saturated rings. The predicted octanol–water partition coefficient (Wildman–Crippen LogP) is 2.93. The number of hydrogen-bond donors (Lipinski definition) is 1. The first-order chi connectivity index (χ1) is 8.95. The highest BCUT2D eigenvalue weighted by Crippen LogP contribution is 2.30. The van der Waals surface area contributed by atoms with Crippen molar-refractivity contribution in [1.29, 1.82) is 0 Å². The second kappa shape index (κ2) is 5.43. The van der Waals surface area contributed by atoms with E-state index in [4.69, 9.17) is 4.98 Å². The quantitative estimate of drug-likeness (QED) is 0.935. The van der Waals surface area contributed by atoms with Crippen LogP contribution in [0.25, 0.3) is 0 Å². The zero-order chi connectivity index (χ0) is 14.2. The third-order valence-corrected chi connectivity index (χ3v) is 4.45. The minimum atomic E-state index is 0.131. The molecule has 104 valence electrons. The summed E-state index contributed by atoms with van der Waals surface area (Å²) in [6, 6.07) is 0.131. The zero-order valence-corrected chi connectivity index (χ0v) is 13.3. The molecule has 0 amide bonds. The average molecular weight is 278 g/mol. The first-order valence-corrected chi connectivity index (χ1v) is 7.46. The van der Waals surface area contributed by atoms with Gasteiger partial charge in [-0.1, -0.05) is 13.8 Å². The molecule has 4 nitrogen and oxygen atoms in total. The van der Waals surface area contributed by atoms with Crippen LogP contribution in [-0.4, -0.2) is 21.8 Å². The molecule has 0 radical (unpaired) electrons. The fourth-order valence-electron chi connectivity index (χ4n) is 2.30. The number of thiazole rings is 1. The summed E-state index contributed by atoms with van der Waals surface area (Å²) in [7, 11) is 3.97. The first-order valence-electron chi connectivity index (χ1n) is 6.58. The van der Waals surface area contributed by atoms with Gasteiger partial charge in [0.2, 0.25) is 0 Å². The number of nitrogens with one attached hydrogen (secondary N) is 1. The van der Waals surface area contributed by atoms with Crippen molar-refractivity contribution in [3.05, 3.63) is 33.0 Å². The van der Waals surface area contributed by atoms with Crippen LogP contribution in [-0.2, 0) is 7.05 Å². The number of aromatic nitrogens is 3. The van der Waals surface area contributed by atoms with Crippen LogP contribution in [0.2, 0.25) is 0 Å². The van der Waals surface area contributed by atoms with Crippen molar-refractivity contribution >= 4 is 11.3 Å². The van der Waals surface area contributed by atoms with Gasteiger partial charge in [-0.15, -0.1) is 11.3 Å². The Hall–Kier alpha value is -1.20. The molecule has 1 N–H and O–H groups in total. The number of hydrogen-bond acceptors (Lipinski definition) is 4. The Labute approximate surface area is 118 Å². The van der Waals surface area contributed by atoms with Crippen LogP contribution in [0.4, 0.5) is 0 Å². The van der Waals surface area contributed by atoms with E-state index in [1.807, 2.05) is 18.8 Å². The van der Waals surface area contributed by atoms with E-state index in [0.29, 0.717) is 5.92 Å². The van der Waals surface area contributed by atoms with Crippen LogP contribution < -0.4 is 5.32 Å². The molecule has 2 aromatic rings. The van der Waals surface area contributed by atoms with Gasteiger partial charge in [0.05, 0.1) is 17.4 Å². The lowest BCUT2D eigenvalue weighted by Gasteiger charge is -2.14. The van der Waals surface area contributed by atoms with Crippen molar-refractivity contribution in [1.82, 2.24) is 20.1 Å². The highest BCUT2D eigenvalue weighted by molar-refractivity contribution is 7.09. The van der Waals surface area contributed by atoms with Crippen molar-refractivity contribution in [3.63, 3.8) is 0 Å². The van der Waals surface area contributed by atoms with Crippen molar-refractivity contribution in [3.8, 4) is 0 Å². The second-order valence-electron chi connectivity index (χ2n) is 5.20. The predicted molar refractivity (Wildman–Crippen MR) is 79.8 cm³/mol. The summed E-state index contributed by atoms with van der Waals surface area (Å²) < 4.78 is 1.94. The largest absolute Gasteiger partial charge is 0.307 e. The van der Waals surface area contributed by atoms with Gasteiger partial charge in [-0.2, -0.15) is 5.10 Å². The van der Waals surface area contributed by atoms with Crippen molar-refractivity contribution < 1.29 is 0 Å². The summed E-state index contributed by atoms with van der Waals surface area (Å²) in [5, 5.41) is 11.2. The number of aryl methyl sites for hydroxylation is 2. The highest BCUT2D eigenvalue weighted by Gasteiger charge is 2.23. The molecular weight excluding hydrogens is 256 g/mol. The molecule has 2 heterocycles. The van der Waals surface area contributed by atoms with Crippen LogP contribution in [0, 0.1) is 13.8 Å². The van der Waals surface area contributed by atoms with Crippen LogP contribution >= 0.6 is 11.3 Å². The van der Waals surface area contributed by atoms with E-state index >= 15 is 0 Å². The number of rotatable bonds is 4. The molecule has 0 spiro atoms. The average Bonchev–Trinajstić information content (AvgIpc) is 2.91. The van der Waals surface area contributed by atoms with Crippen molar-refractivity contribution in [2.45, 2.75) is 39.7 Å². The molecule has 0 aliphatic rings. The molecule has 1 atom stereocenters. The Kier molecular flexibility index (Phi) is 4.06. The van der Waals surface area contributed by atoms with E-state index in [9.17, 15) is 0 Å². The molecule has 1 unspecified atom stereocenters. The van der Waals surface area contributed by atoms with E-state index in [0.717, 1.165) is 10.7 Å². The van der Waals surface area contributed by atoms with Crippen LogP contribution in [0.1, 0.15) is 53.5 Å². The van der Waals surface area contributed by atoms with E-state index < -0.39 is 0 Å². The second-order valence-corrected chi connectivity index (χ2v) is 6.08. The minimum Gasteiger partial charge on any atom is -0.307 e. The monoisotopic (exact) mass is 278 g/mol. The third-order valence-electron chi connectivity index (χ3n) is 3.52. The topological polar surface area (TPSA) is 42.7 Å². The molecule has 0 aliphatic heterocycles. The van der Waals surface area contributed by atoms with E-state index in [2.05, 4.69) is 43.5 Å². The molecule has 5 heteroatoms. The minimum absolute atomic E-state index is 0.131. The third kappa shape index (κ3) is 2.58. The first kappa shape index (κ1) is 14.2. The van der Waals surface area contributed by atoms with Crippen molar-refractivity contribution in [2.24, 2.45) is 7.05 Å². The molecule has 0 aliphatic carbocycles. The van der Waals surface area contributed by atoms with E-state index in [1.165, 1.54) is 17.0 Å². The smallest absolute Gasteiger partial charge is 0.115 e. The van der Waals surface area contributed by atoms with Gasteiger partial charge >= 0.3 is 0 Å². The fraction of sp³-hybridized carbons (Fsp3) is 0.571. The van der Waals surface area contributed by atoms with Crippen LogP contribution in [0.3, 0.4) is 0 Å². The lowest BCUT2D eigenvalue weighted by Crippen LogP contribution is -2.19. The van der Waals surface area contributed by atoms with E-state index in [-0.39, 0.29) is 6.04 Å². The summed E-state index contributed by atoms with van der Waals surface area (Å²) in [6.45, 7) is 8.52. The maximum absolute atomic E-state index is 4.77. The normalized spacial score (nSPS) is 13.2. The lowest BCUT2D eigenvalue weighted by atomic mass is 10.1. The lowest BCUT2D eigenvalue weighted by molar-refractivity contribution is 0.667. The van der Waals surface area contributed by atoms with Gasteiger partial charge in [0, 0.05) is 23.7 Å². The van der Waals surface area contributed by atoms with Gasteiger partial charge in [-0.3, -0.25) is 4.68 Å². The summed E-state index contributed by atoms with van der Waals surface area (Å²) in [5.74, 6) is 0.471. The highest BCUT2D eigenvalue weighted by atomic mass is 32.1. The van der Waals surface area contributed by atoms with Gasteiger partial charge in [0.1, 0.15) is 5.01 Å². The summed E-state index contributed by atoms with van der Waals surface area (Å²) >= 11 is 1.72. The zero-order valence-electron chi connectivity index (χ0n) is 12.5. The van der Waals surface area contributed by atoms with Gasteiger partial charge in [0.25, 0.3) is 0 Å². The summed E-state index contributed by atoms with van der Waals surface area (Å²) in [5.41, 5.74) is 4.67. The Balaban J connectivity index is 2.44. The summed E-state index contributed by atoms with van der Waals surface area (Å²) in [6.07, 6.45) is 0. The van der Waals surface area contributed by atoms with Gasteiger partial charge in [-0.05, 0) is 26.8 Å². The van der Waals surface area contributed by atoms with Crippen molar-refractivity contribution in [2.75, 3.05) is 7.05 Å². The molecule has 2 rings (SSSR count). The molecule has 2 aromatic heterocycles. The fourth-order valence-corrected chi connectivity index (χ4v) is 3.39. The Morgan fingerprint density at radius 3 is 2.42 bits per heavy atom. The summed E-state index contributed by atoms with van der Waals surface area (Å²) in [4.78, 5) is 4.77. The maximum Gasteiger partial charge on any atom is 0.115 e. The maximum atomic E-state index is 4.77. The Bertz CT molecular complexity index is 568. The SMILES string of the molecule is CNC(c1nc(C(C)C)cs1)c1c(C)nn(C)c1C.